The van der Waals surface area contributed by atoms with Gasteiger partial charge in [-0.1, -0.05) is 18.2 Å². The Morgan fingerprint density at radius 3 is 2.84 bits per heavy atom. The summed E-state index contributed by atoms with van der Waals surface area (Å²) in [6.45, 7) is -2.90. The first-order valence-corrected chi connectivity index (χ1v) is 7.55. The maximum absolute atomic E-state index is 12.8. The van der Waals surface area contributed by atoms with E-state index in [0.717, 1.165) is 11.3 Å². The molecule has 0 aliphatic carbocycles. The Bertz CT molecular complexity index is 910. The van der Waals surface area contributed by atoms with Crippen molar-refractivity contribution in [3.8, 4) is 5.75 Å². The molecule has 2 aromatic heterocycles. The van der Waals surface area contributed by atoms with Gasteiger partial charge < -0.3 is 10.1 Å². The molecule has 126 valence electrons. The molecule has 0 bridgehead atoms. The Kier molecular flexibility index (Phi) is 3.85. The number of rotatable bonds is 4. The van der Waals surface area contributed by atoms with Crippen LogP contribution in [0, 0.1) is 0 Å². The molecule has 1 N–H and O–H groups in total. The Labute approximate surface area is 141 Å². The van der Waals surface area contributed by atoms with E-state index in [1.807, 2.05) is 18.2 Å². The molecule has 4 rings (SSSR count). The number of allylic oxidation sites excluding steroid dienone is 1. The summed E-state index contributed by atoms with van der Waals surface area (Å²) in [5.41, 5.74) is 2.19. The van der Waals surface area contributed by atoms with Crippen molar-refractivity contribution in [1.82, 2.24) is 19.7 Å². The molecule has 3 aromatic rings. The quantitative estimate of drug-likeness (QED) is 0.788. The number of halogens is 2. The van der Waals surface area contributed by atoms with E-state index in [1.54, 1.807) is 35.3 Å². The average Bonchev–Trinajstić information content (AvgIpc) is 3.10. The lowest BCUT2D eigenvalue weighted by Crippen LogP contribution is -2.21. The molecule has 0 unspecified atom stereocenters. The third-order valence-corrected chi connectivity index (χ3v) is 3.83. The van der Waals surface area contributed by atoms with Crippen molar-refractivity contribution < 1.29 is 13.5 Å². The highest BCUT2D eigenvalue weighted by Crippen LogP contribution is 2.36. The van der Waals surface area contributed by atoms with Crippen LogP contribution < -0.4 is 10.1 Å². The number of ether oxygens (including phenoxy) is 1. The van der Waals surface area contributed by atoms with E-state index in [0.29, 0.717) is 11.5 Å². The summed E-state index contributed by atoms with van der Waals surface area (Å²) in [7, 11) is 0. The third kappa shape index (κ3) is 2.93. The summed E-state index contributed by atoms with van der Waals surface area (Å²) in [6, 6.07) is 9.94. The van der Waals surface area contributed by atoms with Crippen molar-refractivity contribution in [2.45, 2.75) is 12.7 Å². The van der Waals surface area contributed by atoms with Gasteiger partial charge in [-0.25, -0.2) is 4.68 Å². The molecule has 25 heavy (non-hydrogen) atoms. The van der Waals surface area contributed by atoms with Crippen LogP contribution in [0.4, 0.5) is 14.7 Å². The van der Waals surface area contributed by atoms with E-state index in [2.05, 4.69) is 25.1 Å². The third-order valence-electron chi connectivity index (χ3n) is 3.83. The largest absolute Gasteiger partial charge is 0.434 e. The van der Waals surface area contributed by atoms with Crippen molar-refractivity contribution in [2.75, 3.05) is 5.32 Å². The fourth-order valence-electron chi connectivity index (χ4n) is 2.77. The van der Waals surface area contributed by atoms with Crippen molar-refractivity contribution in [1.29, 1.82) is 0 Å². The minimum atomic E-state index is -2.90. The van der Waals surface area contributed by atoms with Crippen LogP contribution in [0.5, 0.6) is 5.75 Å². The summed E-state index contributed by atoms with van der Waals surface area (Å²) < 4.78 is 31.8. The SMILES string of the molecule is FC(F)Oc1ccccc1[C@@H]1C=C(c2cccnc2)Nc2ncnn21. The number of fused-ring (bicyclic) bond motifs is 1. The van der Waals surface area contributed by atoms with Crippen LogP contribution in [0.3, 0.4) is 0 Å². The molecule has 0 radical (unpaired) electrons. The van der Waals surface area contributed by atoms with E-state index in [4.69, 9.17) is 0 Å². The van der Waals surface area contributed by atoms with Crippen molar-refractivity contribution in [3.63, 3.8) is 0 Å². The smallest absolute Gasteiger partial charge is 0.387 e. The van der Waals surface area contributed by atoms with Crippen LogP contribution in [0.2, 0.25) is 0 Å². The maximum Gasteiger partial charge on any atom is 0.387 e. The number of pyridine rings is 1. The standard InChI is InChI=1S/C17H13F2N5O/c18-16(19)25-15-6-2-1-5-12(15)14-8-13(11-4-3-7-20-9-11)23-17-21-10-22-24(14)17/h1-10,14,16H,(H,21,22,23)/t14-/m0/s1. The minimum absolute atomic E-state index is 0.104. The summed E-state index contributed by atoms with van der Waals surface area (Å²) in [5, 5.41) is 7.38. The number of aromatic nitrogens is 4. The highest BCUT2D eigenvalue weighted by atomic mass is 19.3. The van der Waals surface area contributed by atoms with Gasteiger partial charge in [-0.15, -0.1) is 0 Å². The van der Waals surface area contributed by atoms with Gasteiger partial charge in [0.25, 0.3) is 0 Å². The van der Waals surface area contributed by atoms with Gasteiger partial charge in [0.2, 0.25) is 5.95 Å². The first kappa shape index (κ1) is 15.3. The van der Waals surface area contributed by atoms with Gasteiger partial charge in [-0.2, -0.15) is 18.9 Å². The summed E-state index contributed by atoms with van der Waals surface area (Å²) in [4.78, 5) is 8.30. The maximum atomic E-state index is 12.8. The Morgan fingerprint density at radius 2 is 2.04 bits per heavy atom. The Morgan fingerprint density at radius 1 is 1.16 bits per heavy atom. The Hall–Kier alpha value is -3.29. The van der Waals surface area contributed by atoms with Crippen LogP contribution in [-0.4, -0.2) is 26.4 Å². The van der Waals surface area contributed by atoms with Crippen LogP contribution in [0.15, 0.2) is 61.2 Å². The van der Waals surface area contributed by atoms with Crippen molar-refractivity contribution in [2.24, 2.45) is 0 Å². The molecule has 1 atom stereocenters. The molecule has 0 spiro atoms. The second-order valence-electron chi connectivity index (χ2n) is 5.34. The molecule has 1 aliphatic heterocycles. The molecular formula is C17H13F2N5O. The predicted octanol–water partition coefficient (Wildman–Crippen LogP) is 3.33. The minimum Gasteiger partial charge on any atom is -0.434 e. The summed E-state index contributed by atoms with van der Waals surface area (Å²) in [6.07, 6.45) is 6.68. The number of nitrogens with one attached hydrogen (secondary N) is 1. The monoisotopic (exact) mass is 341 g/mol. The molecule has 0 saturated heterocycles. The molecule has 0 saturated carbocycles. The van der Waals surface area contributed by atoms with Gasteiger partial charge >= 0.3 is 6.61 Å². The molecular weight excluding hydrogens is 328 g/mol. The van der Waals surface area contributed by atoms with E-state index >= 15 is 0 Å². The lowest BCUT2D eigenvalue weighted by Gasteiger charge is -2.25. The van der Waals surface area contributed by atoms with Gasteiger partial charge in [0.15, 0.2) is 0 Å². The number of hydrogen-bond acceptors (Lipinski definition) is 5. The van der Waals surface area contributed by atoms with Gasteiger partial charge in [0, 0.05) is 29.2 Å². The van der Waals surface area contributed by atoms with Crippen molar-refractivity contribution in [3.05, 3.63) is 72.3 Å². The van der Waals surface area contributed by atoms with E-state index in [-0.39, 0.29) is 5.75 Å². The second-order valence-corrected chi connectivity index (χ2v) is 5.34. The van der Waals surface area contributed by atoms with E-state index in [1.165, 1.54) is 12.4 Å². The highest BCUT2D eigenvalue weighted by molar-refractivity contribution is 5.76. The van der Waals surface area contributed by atoms with E-state index < -0.39 is 12.7 Å². The zero-order chi connectivity index (χ0) is 17.2. The first-order valence-electron chi connectivity index (χ1n) is 7.55. The van der Waals surface area contributed by atoms with Crippen molar-refractivity contribution >= 4 is 11.6 Å². The first-order chi connectivity index (χ1) is 12.2. The molecule has 6 nitrogen and oxygen atoms in total. The Balaban J connectivity index is 1.82. The molecule has 1 aromatic carbocycles. The second kappa shape index (κ2) is 6.31. The van der Waals surface area contributed by atoms with Crippen LogP contribution in [0.25, 0.3) is 5.70 Å². The van der Waals surface area contributed by atoms with Crippen LogP contribution in [-0.2, 0) is 0 Å². The lowest BCUT2D eigenvalue weighted by molar-refractivity contribution is -0.0506. The predicted molar refractivity (Wildman–Crippen MR) is 87.1 cm³/mol. The fraction of sp³-hybridized carbons (Fsp3) is 0.118. The highest BCUT2D eigenvalue weighted by Gasteiger charge is 2.26. The number of para-hydroxylation sites is 1. The number of nitrogens with zero attached hydrogens (tertiary/aromatic N) is 4. The number of anilines is 1. The van der Waals surface area contributed by atoms with Crippen LogP contribution in [0.1, 0.15) is 17.2 Å². The molecule has 0 fully saturated rings. The summed E-state index contributed by atoms with van der Waals surface area (Å²) in [5.74, 6) is 0.617. The van der Waals surface area contributed by atoms with Gasteiger partial charge in [-0.05, 0) is 24.3 Å². The topological polar surface area (TPSA) is 64.9 Å². The van der Waals surface area contributed by atoms with Gasteiger partial charge in [0.05, 0.1) is 0 Å². The fourth-order valence-corrected chi connectivity index (χ4v) is 2.77. The van der Waals surface area contributed by atoms with Gasteiger partial charge in [0.1, 0.15) is 18.1 Å². The molecule has 3 heterocycles. The normalized spacial score (nSPS) is 16.1. The zero-order valence-electron chi connectivity index (χ0n) is 12.9. The lowest BCUT2D eigenvalue weighted by atomic mass is 10.0. The number of hydrogen-bond donors (Lipinski definition) is 1. The van der Waals surface area contributed by atoms with E-state index in [9.17, 15) is 8.78 Å². The van der Waals surface area contributed by atoms with Crippen LogP contribution >= 0.6 is 0 Å². The molecule has 0 amide bonds. The summed E-state index contributed by atoms with van der Waals surface area (Å²) >= 11 is 0. The molecule has 8 heteroatoms. The number of benzene rings is 1. The zero-order valence-corrected chi connectivity index (χ0v) is 12.9. The average molecular weight is 341 g/mol. The van der Waals surface area contributed by atoms with Gasteiger partial charge in [-0.3, -0.25) is 4.98 Å². The number of alkyl halides is 2. The molecule has 1 aliphatic rings.